The summed E-state index contributed by atoms with van der Waals surface area (Å²) in [5, 5.41) is 12.5. The van der Waals surface area contributed by atoms with E-state index in [0.29, 0.717) is 6.61 Å². The monoisotopic (exact) mass is 237 g/mol. The minimum atomic E-state index is -0.105. The van der Waals surface area contributed by atoms with Gasteiger partial charge in [-0.3, -0.25) is 0 Å². The average Bonchev–Trinajstić information content (AvgIpc) is 2.30. The van der Waals surface area contributed by atoms with E-state index in [1.54, 1.807) is 0 Å². The van der Waals surface area contributed by atoms with Crippen LogP contribution >= 0.6 is 0 Å². The Bertz CT molecular complexity index is 361. The quantitative estimate of drug-likeness (QED) is 0.799. The SMILES string of the molecule is CCOc1ccc(NCC(C)(C)CO)cc1C. The maximum atomic E-state index is 9.18. The average molecular weight is 237 g/mol. The maximum absolute atomic E-state index is 9.18. The summed E-state index contributed by atoms with van der Waals surface area (Å²) in [6, 6.07) is 6.05. The highest BCUT2D eigenvalue weighted by Crippen LogP contribution is 2.23. The fourth-order valence-corrected chi connectivity index (χ4v) is 1.47. The van der Waals surface area contributed by atoms with Crippen LogP contribution in [0, 0.1) is 12.3 Å². The van der Waals surface area contributed by atoms with Crippen LogP contribution in [0.4, 0.5) is 5.69 Å². The molecule has 0 aliphatic rings. The van der Waals surface area contributed by atoms with Crippen molar-refractivity contribution in [3.63, 3.8) is 0 Å². The molecule has 0 atom stereocenters. The molecule has 17 heavy (non-hydrogen) atoms. The van der Waals surface area contributed by atoms with Gasteiger partial charge in [0.05, 0.1) is 6.61 Å². The second-order valence-corrected chi connectivity index (χ2v) is 5.09. The summed E-state index contributed by atoms with van der Waals surface area (Å²) in [6.45, 7) is 9.68. The predicted molar refractivity (Wildman–Crippen MR) is 71.7 cm³/mol. The fourth-order valence-electron chi connectivity index (χ4n) is 1.47. The Morgan fingerprint density at radius 2 is 2.06 bits per heavy atom. The molecule has 1 aromatic rings. The summed E-state index contributed by atoms with van der Waals surface area (Å²) >= 11 is 0. The summed E-state index contributed by atoms with van der Waals surface area (Å²) in [5.74, 6) is 0.930. The molecule has 0 saturated heterocycles. The number of rotatable bonds is 6. The maximum Gasteiger partial charge on any atom is 0.122 e. The highest BCUT2D eigenvalue weighted by Gasteiger charge is 2.15. The molecule has 0 saturated carbocycles. The van der Waals surface area contributed by atoms with E-state index >= 15 is 0 Å². The van der Waals surface area contributed by atoms with Crippen molar-refractivity contribution in [2.75, 3.05) is 25.1 Å². The minimum absolute atomic E-state index is 0.105. The van der Waals surface area contributed by atoms with Gasteiger partial charge in [0.15, 0.2) is 0 Å². The van der Waals surface area contributed by atoms with Gasteiger partial charge in [-0.15, -0.1) is 0 Å². The van der Waals surface area contributed by atoms with Gasteiger partial charge in [-0.25, -0.2) is 0 Å². The van der Waals surface area contributed by atoms with Crippen molar-refractivity contribution in [3.8, 4) is 5.75 Å². The number of hydrogen-bond acceptors (Lipinski definition) is 3. The lowest BCUT2D eigenvalue weighted by Gasteiger charge is -2.23. The Labute approximate surface area is 104 Å². The first-order valence-electron chi connectivity index (χ1n) is 6.06. The molecule has 0 bridgehead atoms. The number of hydrogen-bond donors (Lipinski definition) is 2. The van der Waals surface area contributed by atoms with Gasteiger partial charge in [0.2, 0.25) is 0 Å². The van der Waals surface area contributed by atoms with E-state index in [4.69, 9.17) is 4.74 Å². The molecule has 3 nitrogen and oxygen atoms in total. The first-order valence-corrected chi connectivity index (χ1v) is 6.06. The number of aryl methyl sites for hydroxylation is 1. The van der Waals surface area contributed by atoms with Crippen molar-refractivity contribution < 1.29 is 9.84 Å². The van der Waals surface area contributed by atoms with Crippen molar-refractivity contribution in [1.29, 1.82) is 0 Å². The van der Waals surface area contributed by atoms with Gasteiger partial charge in [0, 0.05) is 24.3 Å². The molecule has 0 amide bonds. The molecule has 0 fully saturated rings. The third-order valence-corrected chi connectivity index (χ3v) is 2.67. The van der Waals surface area contributed by atoms with E-state index in [2.05, 4.69) is 11.4 Å². The summed E-state index contributed by atoms with van der Waals surface area (Å²) in [7, 11) is 0. The molecule has 1 aromatic carbocycles. The largest absolute Gasteiger partial charge is 0.494 e. The van der Waals surface area contributed by atoms with Gasteiger partial charge in [-0.2, -0.15) is 0 Å². The lowest BCUT2D eigenvalue weighted by atomic mass is 9.95. The van der Waals surface area contributed by atoms with Crippen molar-refractivity contribution in [3.05, 3.63) is 23.8 Å². The minimum Gasteiger partial charge on any atom is -0.494 e. The molecule has 0 aliphatic heterocycles. The second-order valence-electron chi connectivity index (χ2n) is 5.09. The number of aliphatic hydroxyl groups excluding tert-OH is 1. The Hall–Kier alpha value is -1.22. The molecule has 0 aromatic heterocycles. The normalized spacial score (nSPS) is 11.4. The number of ether oxygens (including phenoxy) is 1. The van der Waals surface area contributed by atoms with E-state index < -0.39 is 0 Å². The van der Waals surface area contributed by atoms with Crippen LogP contribution in [-0.2, 0) is 0 Å². The van der Waals surface area contributed by atoms with Crippen LogP contribution in [0.1, 0.15) is 26.3 Å². The first-order chi connectivity index (χ1) is 7.98. The van der Waals surface area contributed by atoms with Crippen molar-refractivity contribution >= 4 is 5.69 Å². The summed E-state index contributed by atoms with van der Waals surface area (Å²) < 4.78 is 5.49. The van der Waals surface area contributed by atoms with Gasteiger partial charge in [-0.05, 0) is 37.6 Å². The summed E-state index contributed by atoms with van der Waals surface area (Å²) in [5.41, 5.74) is 2.08. The van der Waals surface area contributed by atoms with Gasteiger partial charge in [0.25, 0.3) is 0 Å². The molecule has 0 heterocycles. The second kappa shape index (κ2) is 5.92. The van der Waals surface area contributed by atoms with Gasteiger partial charge >= 0.3 is 0 Å². The predicted octanol–water partition coefficient (Wildman–Crippen LogP) is 2.82. The Kier molecular flexibility index (Phi) is 4.82. The van der Waals surface area contributed by atoms with Crippen LogP contribution in [0.15, 0.2) is 18.2 Å². The van der Waals surface area contributed by atoms with Crippen LogP contribution in [-0.4, -0.2) is 24.9 Å². The van der Waals surface area contributed by atoms with Gasteiger partial charge in [0.1, 0.15) is 5.75 Å². The van der Waals surface area contributed by atoms with Crippen molar-refractivity contribution in [2.45, 2.75) is 27.7 Å². The molecule has 0 unspecified atom stereocenters. The third kappa shape index (κ3) is 4.27. The lowest BCUT2D eigenvalue weighted by molar-refractivity contribution is 0.171. The smallest absolute Gasteiger partial charge is 0.122 e. The molecule has 0 aliphatic carbocycles. The molecule has 96 valence electrons. The van der Waals surface area contributed by atoms with Crippen LogP contribution in [0.3, 0.4) is 0 Å². The standard InChI is InChI=1S/C14H23NO2/c1-5-17-13-7-6-12(8-11(13)2)15-9-14(3,4)10-16/h6-8,15-16H,5,9-10H2,1-4H3. The highest BCUT2D eigenvalue weighted by molar-refractivity contribution is 5.50. The number of aliphatic hydroxyl groups is 1. The zero-order valence-corrected chi connectivity index (χ0v) is 11.2. The third-order valence-electron chi connectivity index (χ3n) is 2.67. The number of benzene rings is 1. The molecular weight excluding hydrogens is 214 g/mol. The van der Waals surface area contributed by atoms with E-state index in [1.165, 1.54) is 0 Å². The molecular formula is C14H23NO2. The van der Waals surface area contributed by atoms with Crippen LogP contribution < -0.4 is 10.1 Å². The van der Waals surface area contributed by atoms with E-state index in [9.17, 15) is 5.11 Å². The molecule has 3 heteroatoms. The first kappa shape index (κ1) is 13.8. The van der Waals surface area contributed by atoms with Crippen molar-refractivity contribution in [1.82, 2.24) is 0 Å². The summed E-state index contributed by atoms with van der Waals surface area (Å²) in [6.07, 6.45) is 0. The number of anilines is 1. The van der Waals surface area contributed by atoms with Gasteiger partial charge in [-0.1, -0.05) is 13.8 Å². The van der Waals surface area contributed by atoms with Crippen LogP contribution in [0.5, 0.6) is 5.75 Å². The van der Waals surface area contributed by atoms with E-state index in [0.717, 1.165) is 23.5 Å². The Balaban J connectivity index is 2.64. The molecule has 0 radical (unpaired) electrons. The zero-order chi connectivity index (χ0) is 12.9. The van der Waals surface area contributed by atoms with E-state index in [1.807, 2.05) is 39.8 Å². The fraction of sp³-hybridized carbons (Fsp3) is 0.571. The molecule has 1 rings (SSSR count). The highest BCUT2D eigenvalue weighted by atomic mass is 16.5. The summed E-state index contributed by atoms with van der Waals surface area (Å²) in [4.78, 5) is 0. The Morgan fingerprint density at radius 1 is 1.35 bits per heavy atom. The molecule has 0 spiro atoms. The topological polar surface area (TPSA) is 41.5 Å². The van der Waals surface area contributed by atoms with Crippen LogP contribution in [0.2, 0.25) is 0 Å². The van der Waals surface area contributed by atoms with Crippen molar-refractivity contribution in [2.24, 2.45) is 5.41 Å². The zero-order valence-electron chi connectivity index (χ0n) is 11.2. The Morgan fingerprint density at radius 3 is 2.59 bits per heavy atom. The molecule has 2 N–H and O–H groups in total. The van der Waals surface area contributed by atoms with E-state index in [-0.39, 0.29) is 12.0 Å². The van der Waals surface area contributed by atoms with Crippen LogP contribution in [0.25, 0.3) is 0 Å². The van der Waals surface area contributed by atoms with Gasteiger partial charge < -0.3 is 15.2 Å². The number of nitrogens with one attached hydrogen (secondary N) is 1. The lowest BCUT2D eigenvalue weighted by Crippen LogP contribution is -2.26.